The molecule has 0 spiro atoms. The molecule has 2 N–H and O–H groups in total. The van der Waals surface area contributed by atoms with Gasteiger partial charge in [-0.2, -0.15) is 0 Å². The van der Waals surface area contributed by atoms with Crippen molar-refractivity contribution in [1.82, 2.24) is 0 Å². The molecule has 0 saturated carbocycles. The van der Waals surface area contributed by atoms with Gasteiger partial charge >= 0.3 is 5.97 Å². The van der Waals surface area contributed by atoms with E-state index in [2.05, 4.69) is 0 Å². The second-order valence-corrected chi connectivity index (χ2v) is 1.29. The lowest BCUT2D eigenvalue weighted by Gasteiger charge is -1.90. The predicted octanol–water partition coefficient (Wildman–Crippen LogP) is 0.778. The van der Waals surface area contributed by atoms with Crippen LogP contribution in [0.5, 0.6) is 0 Å². The van der Waals surface area contributed by atoms with E-state index in [9.17, 15) is 4.79 Å². The van der Waals surface area contributed by atoms with Crippen LogP contribution in [0.3, 0.4) is 0 Å². The van der Waals surface area contributed by atoms with E-state index in [4.69, 9.17) is 10.5 Å². The Bertz CT molecular complexity index is 94.0. The molecule has 0 fully saturated rings. The highest BCUT2D eigenvalue weighted by Gasteiger charge is 2.03. The highest BCUT2D eigenvalue weighted by atomic mass is 35.5. The van der Waals surface area contributed by atoms with Crippen LogP contribution in [0.4, 0.5) is 0 Å². The van der Waals surface area contributed by atoms with Gasteiger partial charge in [0, 0.05) is 6.21 Å². The van der Waals surface area contributed by atoms with E-state index in [1.807, 2.05) is 0 Å². The molecule has 0 aliphatic rings. The lowest BCUT2D eigenvalue weighted by atomic mass is 10.2. The first-order chi connectivity index (χ1) is 3.18. The molecule has 1 unspecified atom stereocenters. The summed E-state index contributed by atoms with van der Waals surface area (Å²) in [5, 5.41) is 14.5. The highest BCUT2D eigenvalue weighted by molar-refractivity contribution is 5.86. The number of hydrogen-bond acceptors (Lipinski definition) is 2. The van der Waals surface area contributed by atoms with Crippen LogP contribution in [-0.4, -0.2) is 17.3 Å². The van der Waals surface area contributed by atoms with E-state index < -0.39 is 11.9 Å². The molecule has 0 heterocycles. The van der Waals surface area contributed by atoms with Crippen molar-refractivity contribution < 1.29 is 9.90 Å². The lowest BCUT2D eigenvalue weighted by Crippen LogP contribution is -2.09. The largest absolute Gasteiger partial charge is 0.481 e. The van der Waals surface area contributed by atoms with Crippen molar-refractivity contribution in [3.8, 4) is 0 Å². The first-order valence-corrected chi connectivity index (χ1v) is 1.92. The number of halogens is 1. The molecule has 0 aliphatic heterocycles. The van der Waals surface area contributed by atoms with Gasteiger partial charge in [-0.3, -0.25) is 4.79 Å². The quantitative estimate of drug-likeness (QED) is 0.553. The number of carboxylic acid groups (broad SMARTS) is 1. The van der Waals surface area contributed by atoms with E-state index >= 15 is 0 Å². The van der Waals surface area contributed by atoms with Crippen molar-refractivity contribution in [2.45, 2.75) is 6.92 Å². The van der Waals surface area contributed by atoms with Crippen molar-refractivity contribution in [3.63, 3.8) is 0 Å². The minimum Gasteiger partial charge on any atom is -0.481 e. The second-order valence-electron chi connectivity index (χ2n) is 1.29. The number of hydrogen-bond donors (Lipinski definition) is 2. The van der Waals surface area contributed by atoms with Crippen molar-refractivity contribution in [2.75, 3.05) is 0 Å². The number of carbonyl (C=O) groups is 1. The third kappa shape index (κ3) is 3.61. The van der Waals surface area contributed by atoms with Gasteiger partial charge in [-0.25, -0.2) is 0 Å². The average molecular weight is 138 g/mol. The summed E-state index contributed by atoms with van der Waals surface area (Å²) in [7, 11) is 0. The van der Waals surface area contributed by atoms with Crippen molar-refractivity contribution in [2.24, 2.45) is 5.92 Å². The van der Waals surface area contributed by atoms with Crippen molar-refractivity contribution >= 4 is 24.6 Å². The Balaban J connectivity index is 0. The molecule has 1 atom stereocenters. The number of rotatable bonds is 2. The first kappa shape index (κ1) is 10.4. The van der Waals surface area contributed by atoms with E-state index in [0.717, 1.165) is 6.21 Å². The SMILES string of the molecule is CC(C=N)C(=O)O.Cl. The maximum atomic E-state index is 9.78. The van der Waals surface area contributed by atoms with Crippen LogP contribution in [0.25, 0.3) is 0 Å². The van der Waals surface area contributed by atoms with Crippen LogP contribution in [0.1, 0.15) is 6.92 Å². The second kappa shape index (κ2) is 4.59. The summed E-state index contributed by atoms with van der Waals surface area (Å²) in [6, 6.07) is 0. The summed E-state index contributed by atoms with van der Waals surface area (Å²) in [4.78, 5) is 9.78. The molecule has 0 aromatic heterocycles. The van der Waals surface area contributed by atoms with Gasteiger partial charge in [0.1, 0.15) is 0 Å². The van der Waals surface area contributed by atoms with Crippen LogP contribution in [0.15, 0.2) is 0 Å². The van der Waals surface area contributed by atoms with Crippen LogP contribution >= 0.6 is 12.4 Å². The Morgan fingerprint density at radius 3 is 2.25 bits per heavy atom. The molecule has 48 valence electrons. The minimum absolute atomic E-state index is 0. The Morgan fingerprint density at radius 1 is 1.88 bits per heavy atom. The molecule has 0 aliphatic carbocycles. The molecule has 0 bridgehead atoms. The molecule has 8 heavy (non-hydrogen) atoms. The molecular weight excluding hydrogens is 130 g/mol. The summed E-state index contributed by atoms with van der Waals surface area (Å²) in [5.74, 6) is -1.59. The van der Waals surface area contributed by atoms with E-state index in [-0.39, 0.29) is 12.4 Å². The molecule has 0 saturated heterocycles. The van der Waals surface area contributed by atoms with Gasteiger partial charge in [0.2, 0.25) is 0 Å². The third-order valence-corrected chi connectivity index (χ3v) is 0.640. The smallest absolute Gasteiger partial charge is 0.311 e. The number of aliphatic carboxylic acids is 1. The maximum absolute atomic E-state index is 9.78. The minimum atomic E-state index is -0.949. The molecule has 0 amide bonds. The van der Waals surface area contributed by atoms with Crippen molar-refractivity contribution in [3.05, 3.63) is 0 Å². The van der Waals surface area contributed by atoms with Gasteiger partial charge in [-0.05, 0) is 6.92 Å². The van der Waals surface area contributed by atoms with Gasteiger partial charge in [-0.15, -0.1) is 12.4 Å². The highest BCUT2D eigenvalue weighted by Crippen LogP contribution is 1.85. The maximum Gasteiger partial charge on any atom is 0.311 e. The Hall–Kier alpha value is -0.570. The zero-order valence-corrected chi connectivity index (χ0v) is 5.23. The zero-order valence-electron chi connectivity index (χ0n) is 4.42. The van der Waals surface area contributed by atoms with Crippen LogP contribution in [0.2, 0.25) is 0 Å². The third-order valence-electron chi connectivity index (χ3n) is 0.640. The van der Waals surface area contributed by atoms with Crippen LogP contribution in [0, 0.1) is 11.3 Å². The van der Waals surface area contributed by atoms with E-state index in [1.54, 1.807) is 0 Å². The fourth-order valence-electron chi connectivity index (χ4n) is 0.0713. The molecule has 4 heteroatoms. The number of nitrogens with one attached hydrogen (secondary N) is 1. The van der Waals surface area contributed by atoms with Gasteiger partial charge < -0.3 is 10.5 Å². The average Bonchev–Trinajstić information content (AvgIpc) is 1.65. The Kier molecular flexibility index (Phi) is 5.97. The summed E-state index contributed by atoms with van der Waals surface area (Å²) in [6.45, 7) is 1.45. The van der Waals surface area contributed by atoms with Crippen LogP contribution < -0.4 is 0 Å². The monoisotopic (exact) mass is 137 g/mol. The first-order valence-electron chi connectivity index (χ1n) is 1.92. The molecule has 0 aromatic carbocycles. The summed E-state index contributed by atoms with van der Waals surface area (Å²) in [5.41, 5.74) is 0. The fourth-order valence-corrected chi connectivity index (χ4v) is 0.0713. The van der Waals surface area contributed by atoms with Gasteiger partial charge in [0.05, 0.1) is 5.92 Å². The standard InChI is InChI=1S/C4H7NO2.ClH/c1-3(2-5)4(6)7;/h2-3,5H,1H3,(H,6,7);1H. The molecule has 3 nitrogen and oxygen atoms in total. The van der Waals surface area contributed by atoms with Gasteiger partial charge in [0.25, 0.3) is 0 Å². The van der Waals surface area contributed by atoms with Crippen LogP contribution in [-0.2, 0) is 4.79 Å². The van der Waals surface area contributed by atoms with Crippen molar-refractivity contribution in [1.29, 1.82) is 5.41 Å². The lowest BCUT2D eigenvalue weighted by molar-refractivity contribution is -0.138. The Morgan fingerprint density at radius 2 is 2.25 bits per heavy atom. The zero-order chi connectivity index (χ0) is 5.86. The fraction of sp³-hybridized carbons (Fsp3) is 0.500. The molecule has 0 aromatic rings. The van der Waals surface area contributed by atoms with Gasteiger partial charge in [-0.1, -0.05) is 0 Å². The normalized spacial score (nSPS) is 11.1. The van der Waals surface area contributed by atoms with E-state index in [1.165, 1.54) is 6.92 Å². The summed E-state index contributed by atoms with van der Waals surface area (Å²) >= 11 is 0. The Labute approximate surface area is 53.6 Å². The molecular formula is C4H8ClNO2. The summed E-state index contributed by atoms with van der Waals surface area (Å²) < 4.78 is 0. The van der Waals surface area contributed by atoms with Gasteiger partial charge in [0.15, 0.2) is 0 Å². The summed E-state index contributed by atoms with van der Waals surface area (Å²) in [6.07, 6.45) is 0.891. The number of carboxylic acids is 1. The topological polar surface area (TPSA) is 61.2 Å². The molecule has 0 radical (unpaired) electrons. The predicted molar refractivity (Wildman–Crippen MR) is 32.8 cm³/mol. The molecule has 0 rings (SSSR count). The van der Waals surface area contributed by atoms with E-state index in [0.29, 0.717) is 0 Å².